The van der Waals surface area contributed by atoms with Crippen LogP contribution in [0.5, 0.6) is 0 Å². The molecule has 0 aliphatic heterocycles. The Kier molecular flexibility index (Phi) is 14.6. The summed E-state index contributed by atoms with van der Waals surface area (Å²) in [4.78, 5) is 33.2. The Bertz CT molecular complexity index is 983. The lowest BCUT2D eigenvalue weighted by Gasteiger charge is -2.18. The zero-order valence-corrected chi connectivity index (χ0v) is 22.5. The molecule has 2 aliphatic rings. The molecule has 2 aliphatic carbocycles. The maximum Gasteiger partial charge on any atom is 0.235 e. The molecule has 4 rings (SSSR count). The van der Waals surface area contributed by atoms with Crippen LogP contribution in [0.25, 0.3) is 5.78 Å². The van der Waals surface area contributed by atoms with Crippen LogP contribution in [0.1, 0.15) is 110 Å². The summed E-state index contributed by atoms with van der Waals surface area (Å²) < 4.78 is 1.65. The molecule has 2 heterocycles. The van der Waals surface area contributed by atoms with E-state index >= 15 is 0 Å². The van der Waals surface area contributed by atoms with Gasteiger partial charge in [-0.15, -0.1) is 9.24 Å². The van der Waals surface area contributed by atoms with Gasteiger partial charge in [-0.1, -0.05) is 64.7 Å². The van der Waals surface area contributed by atoms with Gasteiger partial charge in [0, 0.05) is 22.4 Å². The minimum absolute atomic E-state index is 0. The molecule has 2 aromatic heterocycles. The van der Waals surface area contributed by atoms with Crippen molar-refractivity contribution in [2.45, 2.75) is 87.0 Å². The predicted octanol–water partition coefficient (Wildman–Crippen LogP) is 6.82. The number of imidazole rings is 1. The molecule has 0 spiro atoms. The number of hydrogen-bond acceptors (Lipinski definition) is 4. The molecule has 33 heavy (non-hydrogen) atoms. The van der Waals surface area contributed by atoms with E-state index in [1.165, 1.54) is 37.1 Å². The lowest BCUT2D eigenvalue weighted by Crippen LogP contribution is -2.12. The summed E-state index contributed by atoms with van der Waals surface area (Å²) in [7, 11) is 2.74. The highest BCUT2D eigenvalue weighted by molar-refractivity contribution is 7.23. The monoisotopic (exact) mass is 479 g/mol. The predicted molar refractivity (Wildman–Crippen MR) is 145 cm³/mol. The second-order valence-electron chi connectivity index (χ2n) is 7.72. The van der Waals surface area contributed by atoms with Crippen molar-refractivity contribution in [1.82, 2.24) is 14.4 Å². The normalized spacial score (nSPS) is 15.7. The van der Waals surface area contributed by atoms with Crippen molar-refractivity contribution >= 4 is 26.6 Å². The zero-order chi connectivity index (χ0) is 24.3. The van der Waals surface area contributed by atoms with Gasteiger partial charge in [0.05, 0.1) is 11.4 Å². The van der Waals surface area contributed by atoms with E-state index in [-0.39, 0.29) is 19.9 Å². The minimum atomic E-state index is -0.109. The van der Waals surface area contributed by atoms with Crippen LogP contribution < -0.4 is 0 Å². The fraction of sp³-hybridized carbons (Fsp3) is 0.538. The number of aromatic nitrogens is 3. The molecule has 2 aromatic rings. The van der Waals surface area contributed by atoms with Gasteiger partial charge in [0.2, 0.25) is 5.78 Å². The number of ketones is 2. The van der Waals surface area contributed by atoms with Gasteiger partial charge >= 0.3 is 0 Å². The molecule has 6 nitrogen and oxygen atoms in total. The highest BCUT2D eigenvalue weighted by atomic mass is 31.0. The summed E-state index contributed by atoms with van der Waals surface area (Å²) >= 11 is 0. The van der Waals surface area contributed by atoms with Gasteiger partial charge in [0.1, 0.15) is 5.69 Å². The van der Waals surface area contributed by atoms with Crippen LogP contribution in [0.2, 0.25) is 0 Å². The quantitative estimate of drug-likeness (QED) is 0.347. The molecular formula is C26H46N3O3P. The topological polar surface area (TPSA) is 95.8 Å². The molecular weight excluding hydrogens is 433 g/mol. The highest BCUT2D eigenvalue weighted by Crippen LogP contribution is 2.29. The van der Waals surface area contributed by atoms with Gasteiger partial charge in [-0.3, -0.25) is 14.0 Å². The number of allylic oxidation sites excluding steroid dienone is 4. The molecule has 0 radical (unpaired) electrons. The molecule has 0 amide bonds. The molecule has 0 aromatic carbocycles. The van der Waals surface area contributed by atoms with Gasteiger partial charge in [-0.05, 0) is 44.0 Å². The first-order valence-electron chi connectivity index (χ1n) is 11.9. The Hall–Kier alpha value is -2.17. The Morgan fingerprint density at radius 2 is 1.73 bits per heavy atom. The molecule has 1 saturated carbocycles. The highest BCUT2D eigenvalue weighted by Gasteiger charge is 2.18. The number of nitrogens with zero attached hydrogens (tertiary/aromatic N) is 3. The first-order chi connectivity index (χ1) is 15.3. The van der Waals surface area contributed by atoms with Gasteiger partial charge in [-0.25, -0.2) is 9.97 Å². The fourth-order valence-electron chi connectivity index (χ4n) is 3.10. The summed E-state index contributed by atoms with van der Waals surface area (Å²) in [5.74, 6) is 0.621. The Morgan fingerprint density at radius 3 is 2.24 bits per heavy atom. The lowest BCUT2D eigenvalue weighted by atomic mass is 9.90. The van der Waals surface area contributed by atoms with E-state index in [0.29, 0.717) is 29.5 Å². The van der Waals surface area contributed by atoms with Crippen LogP contribution in [0.3, 0.4) is 0 Å². The van der Waals surface area contributed by atoms with Crippen LogP contribution in [0.15, 0.2) is 35.3 Å². The van der Waals surface area contributed by atoms with Gasteiger partial charge in [0.15, 0.2) is 11.6 Å². The van der Waals surface area contributed by atoms with E-state index in [1.54, 1.807) is 16.7 Å². The third-order valence-electron chi connectivity index (χ3n) is 4.91. The lowest BCUT2D eigenvalue weighted by molar-refractivity contribution is 0.0971. The van der Waals surface area contributed by atoms with Crippen molar-refractivity contribution in [2.24, 2.45) is 5.92 Å². The van der Waals surface area contributed by atoms with Crippen LogP contribution in [0, 0.1) is 12.8 Å². The maximum atomic E-state index is 12.6. The van der Waals surface area contributed by atoms with Crippen molar-refractivity contribution in [2.75, 3.05) is 0 Å². The third-order valence-corrected chi connectivity index (χ3v) is 5.60. The van der Waals surface area contributed by atoms with Crippen molar-refractivity contribution < 1.29 is 17.9 Å². The van der Waals surface area contributed by atoms with Crippen molar-refractivity contribution in [3.63, 3.8) is 0 Å². The first-order valence-corrected chi connectivity index (χ1v) is 12.5. The molecule has 2 N–H and O–H groups in total. The number of Topliss-reactive ketones (excluding diaryl/α,β-unsaturated/α-hetero) is 2. The Morgan fingerprint density at radius 1 is 1.12 bits per heavy atom. The molecule has 0 bridgehead atoms. The van der Waals surface area contributed by atoms with E-state index < -0.39 is 0 Å². The summed E-state index contributed by atoms with van der Waals surface area (Å²) in [6, 6.07) is 1.58. The Balaban J connectivity index is -0.000000913. The second-order valence-corrected chi connectivity index (χ2v) is 8.34. The minimum Gasteiger partial charge on any atom is -0.412 e. The number of carbonyl (C=O) groups excluding carboxylic acids is 2. The summed E-state index contributed by atoms with van der Waals surface area (Å²) in [6.45, 7) is 13.4. The van der Waals surface area contributed by atoms with Gasteiger partial charge in [0.25, 0.3) is 0 Å². The van der Waals surface area contributed by atoms with Gasteiger partial charge in [-0.2, -0.15) is 0 Å². The van der Waals surface area contributed by atoms with E-state index in [0.717, 1.165) is 18.5 Å². The molecule has 1 fully saturated rings. The number of hydrogen-bond donors (Lipinski definition) is 0. The average Bonchev–Trinajstić information content (AvgIpc) is 3.63. The smallest absolute Gasteiger partial charge is 0.235 e. The maximum absolute atomic E-state index is 12.6. The van der Waals surface area contributed by atoms with Crippen molar-refractivity contribution in [1.29, 1.82) is 0 Å². The summed E-state index contributed by atoms with van der Waals surface area (Å²) in [6.07, 6.45) is 12.7. The Labute approximate surface area is 204 Å². The molecule has 7 heteroatoms. The fourth-order valence-corrected chi connectivity index (χ4v) is 3.33. The third kappa shape index (κ3) is 9.69. The zero-order valence-electron chi connectivity index (χ0n) is 21.4. The van der Waals surface area contributed by atoms with Crippen molar-refractivity contribution in [3.8, 4) is 0 Å². The molecule has 0 saturated heterocycles. The molecule has 2 unspecified atom stereocenters. The number of fused-ring (bicyclic) bond motifs is 1. The van der Waals surface area contributed by atoms with E-state index in [9.17, 15) is 9.59 Å². The van der Waals surface area contributed by atoms with Crippen LogP contribution in [0.4, 0.5) is 0 Å². The van der Waals surface area contributed by atoms with E-state index in [2.05, 4.69) is 38.3 Å². The van der Waals surface area contributed by atoms with E-state index in [4.69, 9.17) is 0 Å². The molecule has 188 valence electrons. The summed E-state index contributed by atoms with van der Waals surface area (Å²) in [5, 5.41) is 1.23. The van der Waals surface area contributed by atoms with Crippen LogP contribution in [-0.2, 0) is 0 Å². The van der Waals surface area contributed by atoms with Crippen molar-refractivity contribution in [3.05, 3.63) is 52.4 Å². The summed E-state index contributed by atoms with van der Waals surface area (Å²) in [5.41, 5.74) is 2.87. The number of aryl methyl sites for hydroxylation is 1. The number of rotatable bonds is 5. The average molecular weight is 480 g/mol. The van der Waals surface area contributed by atoms with Crippen LogP contribution in [-0.4, -0.2) is 31.4 Å². The van der Waals surface area contributed by atoms with E-state index in [1.807, 2.05) is 34.6 Å². The largest absolute Gasteiger partial charge is 0.412 e. The van der Waals surface area contributed by atoms with Crippen LogP contribution >= 0.6 is 9.24 Å². The second kappa shape index (κ2) is 15.6. The standard InChI is InChI=1S/C19H22N3O2P.C3H6.2C2H6.H2O.2H2/c1-11-8-14(5-7-18(11)25)4-6-17(24)15-9-16(13(3)23)22-10-12(2)20-19(22)21-15;1-2-3-1;2*1-2;;;/h5,7,9-10,14H,4,6,8,25H2,1-3H3;1-3H2;2*1-2H3;1H2;2*1H. The number of carbonyl (C=O) groups is 2. The molecule has 2 atom stereocenters. The SMILES string of the molecule is C1CC1.CC.CC.CC(=O)c1cc(C(=O)CCC2C=CC(P)=C(C)C2)nc2nc(C)cn12.O.[HH].[HH]. The van der Waals surface area contributed by atoms with Gasteiger partial charge < -0.3 is 5.48 Å². The first kappa shape index (κ1) is 30.8.